The first kappa shape index (κ1) is 15.9. The van der Waals surface area contributed by atoms with Gasteiger partial charge < -0.3 is 15.0 Å². The lowest BCUT2D eigenvalue weighted by Crippen LogP contribution is -2.42. The molecule has 0 aromatic heterocycles. The molecule has 0 aromatic carbocycles. The van der Waals surface area contributed by atoms with Crippen LogP contribution in [0.15, 0.2) is 0 Å². The normalized spacial score (nSPS) is 20.3. The molecule has 0 saturated carbocycles. The molecule has 18 heavy (non-hydrogen) atoms. The van der Waals surface area contributed by atoms with E-state index in [1.165, 1.54) is 25.7 Å². The van der Waals surface area contributed by atoms with Crippen LogP contribution in [0.3, 0.4) is 0 Å². The number of hydrogen-bond donors (Lipinski definition) is 1. The lowest BCUT2D eigenvalue weighted by Gasteiger charge is -2.35. The van der Waals surface area contributed by atoms with E-state index in [-0.39, 0.29) is 5.54 Å². The van der Waals surface area contributed by atoms with Gasteiger partial charge in [-0.3, -0.25) is 0 Å². The van der Waals surface area contributed by atoms with Gasteiger partial charge in [0.2, 0.25) is 0 Å². The maximum atomic E-state index is 5.43. The Balaban J connectivity index is 2.16. The summed E-state index contributed by atoms with van der Waals surface area (Å²) < 4.78 is 5.43. The van der Waals surface area contributed by atoms with Crippen LogP contribution >= 0.6 is 0 Å². The summed E-state index contributed by atoms with van der Waals surface area (Å²) in [4.78, 5) is 2.56. The molecule has 1 saturated heterocycles. The minimum atomic E-state index is 0.246. The number of ether oxygens (including phenoxy) is 1. The zero-order chi connectivity index (χ0) is 13.6. The molecule has 1 rings (SSSR count). The molecule has 1 fully saturated rings. The second-order valence-corrected chi connectivity index (χ2v) is 6.68. The molecule has 0 aliphatic carbocycles. The Morgan fingerprint density at radius 2 is 1.89 bits per heavy atom. The monoisotopic (exact) mass is 256 g/mol. The Hall–Kier alpha value is -0.120. The van der Waals surface area contributed by atoms with Crippen molar-refractivity contribution in [2.45, 2.75) is 71.0 Å². The van der Waals surface area contributed by atoms with Crippen LogP contribution in [0.1, 0.15) is 53.4 Å². The van der Waals surface area contributed by atoms with Crippen LogP contribution in [0.2, 0.25) is 0 Å². The zero-order valence-corrected chi connectivity index (χ0v) is 13.0. The standard InChI is InChI=1S/C15H32N2O/c1-13(7-6-10-16-15(2,3)4)17(5)14-8-11-18-12-9-14/h13-14,16H,6-12H2,1-5H3. The molecule has 0 radical (unpaired) electrons. The minimum Gasteiger partial charge on any atom is -0.381 e. The third-order valence-corrected chi connectivity index (χ3v) is 3.92. The summed E-state index contributed by atoms with van der Waals surface area (Å²) in [5.41, 5.74) is 0.246. The van der Waals surface area contributed by atoms with Crippen molar-refractivity contribution in [3.63, 3.8) is 0 Å². The Bertz CT molecular complexity index is 219. The van der Waals surface area contributed by atoms with Crippen LogP contribution in [0.4, 0.5) is 0 Å². The molecule has 1 atom stereocenters. The predicted molar refractivity (Wildman–Crippen MR) is 78.1 cm³/mol. The molecule has 1 aliphatic rings. The second kappa shape index (κ2) is 7.46. The molecule has 0 bridgehead atoms. The van der Waals surface area contributed by atoms with Crippen LogP contribution < -0.4 is 5.32 Å². The first-order chi connectivity index (χ1) is 8.40. The first-order valence-electron chi connectivity index (χ1n) is 7.45. The fourth-order valence-electron chi connectivity index (χ4n) is 2.52. The highest BCUT2D eigenvalue weighted by atomic mass is 16.5. The van der Waals surface area contributed by atoms with Gasteiger partial charge in [0.05, 0.1) is 0 Å². The number of nitrogens with one attached hydrogen (secondary N) is 1. The third-order valence-electron chi connectivity index (χ3n) is 3.92. The molecular weight excluding hydrogens is 224 g/mol. The summed E-state index contributed by atoms with van der Waals surface area (Å²) in [5.74, 6) is 0. The van der Waals surface area contributed by atoms with Crippen LogP contribution in [0, 0.1) is 0 Å². The second-order valence-electron chi connectivity index (χ2n) is 6.68. The van der Waals surface area contributed by atoms with Gasteiger partial charge in [-0.15, -0.1) is 0 Å². The van der Waals surface area contributed by atoms with Gasteiger partial charge in [0.1, 0.15) is 0 Å². The van der Waals surface area contributed by atoms with Crippen LogP contribution in [-0.2, 0) is 4.74 Å². The topological polar surface area (TPSA) is 24.5 Å². The number of nitrogens with zero attached hydrogens (tertiary/aromatic N) is 1. The van der Waals surface area contributed by atoms with E-state index < -0.39 is 0 Å². The van der Waals surface area contributed by atoms with Crippen molar-refractivity contribution < 1.29 is 4.74 Å². The quantitative estimate of drug-likeness (QED) is 0.740. The van der Waals surface area contributed by atoms with Crippen molar-refractivity contribution in [2.75, 3.05) is 26.8 Å². The molecule has 1 N–H and O–H groups in total. The predicted octanol–water partition coefficient (Wildman–Crippen LogP) is 2.65. The van der Waals surface area contributed by atoms with Crippen molar-refractivity contribution >= 4 is 0 Å². The Morgan fingerprint density at radius 1 is 1.28 bits per heavy atom. The van der Waals surface area contributed by atoms with Crippen LogP contribution in [0.25, 0.3) is 0 Å². The van der Waals surface area contributed by atoms with Crippen molar-refractivity contribution in [1.82, 2.24) is 10.2 Å². The average Bonchev–Trinajstić information content (AvgIpc) is 2.33. The van der Waals surface area contributed by atoms with Crippen molar-refractivity contribution in [2.24, 2.45) is 0 Å². The highest BCUT2D eigenvalue weighted by Crippen LogP contribution is 2.17. The molecule has 0 spiro atoms. The SMILES string of the molecule is CC(CCCNC(C)(C)C)N(C)C1CCOCC1. The summed E-state index contributed by atoms with van der Waals surface area (Å²) in [6, 6.07) is 1.40. The number of rotatable bonds is 6. The van der Waals surface area contributed by atoms with E-state index in [2.05, 4.69) is 45.0 Å². The lowest BCUT2D eigenvalue weighted by molar-refractivity contribution is 0.0296. The fourth-order valence-corrected chi connectivity index (χ4v) is 2.52. The van der Waals surface area contributed by atoms with Gasteiger partial charge in [0.15, 0.2) is 0 Å². The van der Waals surface area contributed by atoms with Gasteiger partial charge in [0.25, 0.3) is 0 Å². The van der Waals surface area contributed by atoms with E-state index in [0.29, 0.717) is 6.04 Å². The van der Waals surface area contributed by atoms with Crippen molar-refractivity contribution in [1.29, 1.82) is 0 Å². The maximum absolute atomic E-state index is 5.43. The van der Waals surface area contributed by atoms with Gasteiger partial charge in [-0.1, -0.05) is 0 Å². The highest BCUT2D eigenvalue weighted by Gasteiger charge is 2.21. The molecule has 3 heteroatoms. The smallest absolute Gasteiger partial charge is 0.0480 e. The molecular formula is C15H32N2O. The summed E-state index contributed by atoms with van der Waals surface area (Å²) in [6.07, 6.45) is 4.92. The fraction of sp³-hybridized carbons (Fsp3) is 1.00. The zero-order valence-electron chi connectivity index (χ0n) is 13.0. The Kier molecular flexibility index (Phi) is 6.61. The van der Waals surface area contributed by atoms with E-state index in [1.807, 2.05) is 0 Å². The summed E-state index contributed by atoms with van der Waals surface area (Å²) >= 11 is 0. The summed E-state index contributed by atoms with van der Waals surface area (Å²) in [6.45, 7) is 12.0. The average molecular weight is 256 g/mol. The third kappa shape index (κ3) is 6.17. The molecule has 1 unspecified atom stereocenters. The van der Waals surface area contributed by atoms with Gasteiger partial charge in [-0.25, -0.2) is 0 Å². The van der Waals surface area contributed by atoms with E-state index >= 15 is 0 Å². The van der Waals surface area contributed by atoms with E-state index in [4.69, 9.17) is 4.74 Å². The van der Waals surface area contributed by atoms with Gasteiger partial charge in [-0.05, 0) is 67.0 Å². The highest BCUT2D eigenvalue weighted by molar-refractivity contribution is 4.77. The van der Waals surface area contributed by atoms with Crippen LogP contribution in [0.5, 0.6) is 0 Å². The molecule has 3 nitrogen and oxygen atoms in total. The van der Waals surface area contributed by atoms with Gasteiger partial charge in [0, 0.05) is 30.8 Å². The van der Waals surface area contributed by atoms with Crippen LogP contribution in [-0.4, -0.2) is 49.3 Å². The van der Waals surface area contributed by atoms with Crippen molar-refractivity contribution in [3.8, 4) is 0 Å². The van der Waals surface area contributed by atoms with E-state index in [1.54, 1.807) is 0 Å². The maximum Gasteiger partial charge on any atom is 0.0480 e. The molecule has 108 valence electrons. The number of hydrogen-bond acceptors (Lipinski definition) is 3. The largest absolute Gasteiger partial charge is 0.381 e. The van der Waals surface area contributed by atoms with Gasteiger partial charge in [-0.2, -0.15) is 0 Å². The van der Waals surface area contributed by atoms with Crippen molar-refractivity contribution in [3.05, 3.63) is 0 Å². The molecule has 0 amide bonds. The van der Waals surface area contributed by atoms with Gasteiger partial charge >= 0.3 is 0 Å². The Labute approximate surface area is 113 Å². The Morgan fingerprint density at radius 3 is 2.44 bits per heavy atom. The minimum absolute atomic E-state index is 0.246. The lowest BCUT2D eigenvalue weighted by atomic mass is 10.0. The molecule has 0 aromatic rings. The van der Waals surface area contributed by atoms with E-state index in [0.717, 1.165) is 25.8 Å². The summed E-state index contributed by atoms with van der Waals surface area (Å²) in [5, 5.41) is 3.56. The van der Waals surface area contributed by atoms with E-state index in [9.17, 15) is 0 Å². The molecule has 1 heterocycles. The summed E-state index contributed by atoms with van der Waals surface area (Å²) in [7, 11) is 2.28. The molecule has 1 aliphatic heterocycles. The first-order valence-corrected chi connectivity index (χ1v) is 7.45.